The van der Waals surface area contributed by atoms with Crippen molar-refractivity contribution in [3.8, 4) is 0 Å². The van der Waals surface area contributed by atoms with Crippen LogP contribution in [-0.2, 0) is 4.79 Å². The van der Waals surface area contributed by atoms with Gasteiger partial charge in [-0.1, -0.05) is 0 Å². The molecule has 0 saturated heterocycles. The lowest BCUT2D eigenvalue weighted by Crippen LogP contribution is -2.40. The molecule has 0 aromatic carbocycles. The summed E-state index contributed by atoms with van der Waals surface area (Å²) in [6, 6.07) is 3.98. The maximum absolute atomic E-state index is 11.1. The van der Waals surface area contributed by atoms with Crippen molar-refractivity contribution in [3.63, 3.8) is 0 Å². The van der Waals surface area contributed by atoms with Gasteiger partial charge in [0.1, 0.15) is 5.82 Å². The van der Waals surface area contributed by atoms with Crippen LogP contribution in [0.1, 0.15) is 20.8 Å². The predicted molar refractivity (Wildman–Crippen MR) is 67.9 cm³/mol. The molecule has 0 unspecified atom stereocenters. The zero-order valence-corrected chi connectivity index (χ0v) is 10.4. The Morgan fingerprint density at radius 2 is 2.19 bits per heavy atom. The van der Waals surface area contributed by atoms with E-state index >= 15 is 0 Å². The summed E-state index contributed by atoms with van der Waals surface area (Å²) >= 11 is 1.66. The van der Waals surface area contributed by atoms with Gasteiger partial charge in [-0.2, -0.15) is 0 Å². The SMILES string of the molecule is CC(C)(C)N(C=O)c1cc2sccc2cn1. The Hall–Kier alpha value is -1.42. The van der Waals surface area contributed by atoms with Crippen LogP contribution in [0.25, 0.3) is 10.1 Å². The van der Waals surface area contributed by atoms with Crippen LogP contribution in [0.2, 0.25) is 0 Å². The predicted octanol–water partition coefficient (Wildman–Crippen LogP) is 3.06. The van der Waals surface area contributed by atoms with Crippen molar-refractivity contribution < 1.29 is 4.79 Å². The number of rotatable bonds is 2. The van der Waals surface area contributed by atoms with Gasteiger partial charge in [0.15, 0.2) is 0 Å². The molecule has 84 valence electrons. The summed E-state index contributed by atoms with van der Waals surface area (Å²) in [6.45, 7) is 5.96. The second-order valence-electron chi connectivity index (χ2n) is 4.65. The molecule has 0 spiro atoms. The first-order valence-electron chi connectivity index (χ1n) is 5.10. The molecule has 0 saturated carbocycles. The molecular weight excluding hydrogens is 220 g/mol. The van der Waals surface area contributed by atoms with Crippen LogP contribution in [0.15, 0.2) is 23.7 Å². The summed E-state index contributed by atoms with van der Waals surface area (Å²) in [5.74, 6) is 0.706. The van der Waals surface area contributed by atoms with E-state index in [2.05, 4.69) is 4.98 Å². The lowest BCUT2D eigenvalue weighted by atomic mass is 10.1. The summed E-state index contributed by atoms with van der Waals surface area (Å²) in [5.41, 5.74) is -0.250. The average Bonchev–Trinajstić information content (AvgIpc) is 2.63. The molecule has 1 amide bonds. The summed E-state index contributed by atoms with van der Waals surface area (Å²) in [5, 5.41) is 3.15. The highest BCUT2D eigenvalue weighted by atomic mass is 32.1. The molecule has 2 rings (SSSR count). The van der Waals surface area contributed by atoms with Gasteiger partial charge in [-0.15, -0.1) is 11.3 Å². The minimum absolute atomic E-state index is 0.250. The largest absolute Gasteiger partial charge is 0.294 e. The lowest BCUT2D eigenvalue weighted by Gasteiger charge is -2.31. The molecule has 4 heteroatoms. The number of hydrogen-bond acceptors (Lipinski definition) is 3. The number of amides is 1. The van der Waals surface area contributed by atoms with E-state index in [0.29, 0.717) is 5.82 Å². The fourth-order valence-electron chi connectivity index (χ4n) is 1.53. The number of aromatic nitrogens is 1. The molecule has 2 aromatic rings. The van der Waals surface area contributed by atoms with E-state index in [0.717, 1.165) is 16.5 Å². The fourth-order valence-corrected chi connectivity index (χ4v) is 2.32. The molecule has 3 nitrogen and oxygen atoms in total. The maximum Gasteiger partial charge on any atom is 0.215 e. The van der Waals surface area contributed by atoms with E-state index in [1.54, 1.807) is 16.2 Å². The highest BCUT2D eigenvalue weighted by Gasteiger charge is 2.22. The number of thiophene rings is 1. The number of fused-ring (bicyclic) bond motifs is 1. The molecule has 0 fully saturated rings. The molecule has 0 aliphatic rings. The lowest BCUT2D eigenvalue weighted by molar-refractivity contribution is -0.108. The highest BCUT2D eigenvalue weighted by Crippen LogP contribution is 2.26. The average molecular weight is 234 g/mol. The topological polar surface area (TPSA) is 33.2 Å². The Labute approximate surface area is 98.7 Å². The molecule has 0 N–H and O–H groups in total. The molecule has 0 atom stereocenters. The van der Waals surface area contributed by atoms with Crippen molar-refractivity contribution in [1.29, 1.82) is 0 Å². The highest BCUT2D eigenvalue weighted by molar-refractivity contribution is 7.17. The van der Waals surface area contributed by atoms with E-state index in [-0.39, 0.29) is 5.54 Å². The van der Waals surface area contributed by atoms with Gasteiger partial charge in [0, 0.05) is 21.8 Å². The minimum Gasteiger partial charge on any atom is -0.294 e. The summed E-state index contributed by atoms with van der Waals surface area (Å²) < 4.78 is 1.15. The Morgan fingerprint density at radius 1 is 1.44 bits per heavy atom. The van der Waals surface area contributed by atoms with E-state index in [1.165, 1.54) is 0 Å². The van der Waals surface area contributed by atoms with Gasteiger partial charge in [-0.05, 0) is 38.3 Å². The molecule has 2 aromatic heterocycles. The molecule has 0 aliphatic carbocycles. The monoisotopic (exact) mass is 234 g/mol. The van der Waals surface area contributed by atoms with Crippen molar-refractivity contribution in [2.24, 2.45) is 0 Å². The Kier molecular flexibility index (Phi) is 2.68. The van der Waals surface area contributed by atoms with Gasteiger partial charge in [0.25, 0.3) is 0 Å². The third kappa shape index (κ3) is 1.93. The Morgan fingerprint density at radius 3 is 2.81 bits per heavy atom. The van der Waals surface area contributed by atoms with Crippen molar-refractivity contribution in [3.05, 3.63) is 23.7 Å². The van der Waals surface area contributed by atoms with Gasteiger partial charge < -0.3 is 0 Å². The van der Waals surface area contributed by atoms with Crippen LogP contribution >= 0.6 is 11.3 Å². The Balaban J connectivity index is 2.49. The quantitative estimate of drug-likeness (QED) is 0.748. The second kappa shape index (κ2) is 3.87. The third-order valence-electron chi connectivity index (χ3n) is 2.40. The standard InChI is InChI=1S/C12H14N2OS/c1-12(2,3)14(8-15)11-6-10-9(7-13-11)4-5-16-10/h4-8H,1-3H3. The molecule has 0 aliphatic heterocycles. The first kappa shape index (κ1) is 11.1. The zero-order valence-electron chi connectivity index (χ0n) is 9.60. The maximum atomic E-state index is 11.1. The third-order valence-corrected chi connectivity index (χ3v) is 3.28. The van der Waals surface area contributed by atoms with Gasteiger partial charge >= 0.3 is 0 Å². The second-order valence-corrected chi connectivity index (χ2v) is 5.59. The van der Waals surface area contributed by atoms with Crippen LogP contribution < -0.4 is 4.90 Å². The van der Waals surface area contributed by atoms with E-state index < -0.39 is 0 Å². The number of anilines is 1. The summed E-state index contributed by atoms with van der Waals surface area (Å²) in [7, 11) is 0. The van der Waals surface area contributed by atoms with Crippen molar-refractivity contribution in [2.45, 2.75) is 26.3 Å². The molecule has 2 heterocycles. The van der Waals surface area contributed by atoms with E-state index in [9.17, 15) is 4.79 Å². The number of pyridine rings is 1. The molecule has 0 radical (unpaired) electrons. The number of hydrogen-bond donors (Lipinski definition) is 0. The van der Waals surface area contributed by atoms with Gasteiger partial charge in [0.05, 0.1) is 0 Å². The van der Waals surface area contributed by atoms with Crippen LogP contribution in [0.4, 0.5) is 5.82 Å². The van der Waals surface area contributed by atoms with Crippen molar-refractivity contribution in [2.75, 3.05) is 4.90 Å². The van der Waals surface area contributed by atoms with Crippen LogP contribution in [0.5, 0.6) is 0 Å². The molecular formula is C12H14N2OS. The van der Waals surface area contributed by atoms with Crippen LogP contribution in [0, 0.1) is 0 Å². The first-order valence-corrected chi connectivity index (χ1v) is 5.98. The number of carbonyl (C=O) groups excluding carboxylic acids is 1. The number of nitrogens with zero attached hydrogens (tertiary/aromatic N) is 2. The summed E-state index contributed by atoms with van der Waals surface area (Å²) in [4.78, 5) is 17.1. The van der Waals surface area contributed by atoms with Gasteiger partial charge in [-0.25, -0.2) is 4.98 Å². The fraction of sp³-hybridized carbons (Fsp3) is 0.333. The molecule has 16 heavy (non-hydrogen) atoms. The van der Waals surface area contributed by atoms with Crippen molar-refractivity contribution >= 4 is 33.7 Å². The van der Waals surface area contributed by atoms with E-state index in [4.69, 9.17) is 0 Å². The Bertz CT molecular complexity index is 513. The molecule has 0 bridgehead atoms. The number of carbonyl (C=O) groups is 1. The van der Waals surface area contributed by atoms with Crippen molar-refractivity contribution in [1.82, 2.24) is 4.98 Å². The first-order chi connectivity index (χ1) is 7.52. The van der Waals surface area contributed by atoms with Crippen LogP contribution in [-0.4, -0.2) is 16.9 Å². The zero-order chi connectivity index (χ0) is 11.8. The summed E-state index contributed by atoms with van der Waals surface area (Å²) in [6.07, 6.45) is 2.64. The normalized spacial score (nSPS) is 11.7. The van der Waals surface area contributed by atoms with Gasteiger partial charge in [-0.3, -0.25) is 9.69 Å². The minimum atomic E-state index is -0.250. The van der Waals surface area contributed by atoms with E-state index in [1.807, 2.05) is 44.5 Å². The van der Waals surface area contributed by atoms with Crippen LogP contribution in [0.3, 0.4) is 0 Å². The smallest absolute Gasteiger partial charge is 0.215 e. The van der Waals surface area contributed by atoms with Gasteiger partial charge in [0.2, 0.25) is 6.41 Å².